The molecule has 2 aliphatic rings. The monoisotopic (exact) mass is 124 g/mol. The van der Waals surface area contributed by atoms with Crippen LogP contribution in [0.2, 0.25) is 0 Å². The van der Waals surface area contributed by atoms with E-state index in [1.165, 1.54) is 25.7 Å². The third-order valence-corrected chi connectivity index (χ3v) is 2.86. The van der Waals surface area contributed by atoms with Crippen LogP contribution >= 0.6 is 0 Å². The summed E-state index contributed by atoms with van der Waals surface area (Å²) < 4.78 is 0. The lowest BCUT2D eigenvalue weighted by Crippen LogP contribution is -2.27. The van der Waals surface area contributed by atoms with E-state index in [2.05, 4.69) is 11.8 Å². The number of hydrogen-bond acceptors (Lipinski definition) is 1. The van der Waals surface area contributed by atoms with Crippen LogP contribution in [0.15, 0.2) is 0 Å². The van der Waals surface area contributed by atoms with E-state index in [1.807, 2.05) is 0 Å². The van der Waals surface area contributed by atoms with Crippen LogP contribution in [0.4, 0.5) is 0 Å². The van der Waals surface area contributed by atoms with Crippen molar-refractivity contribution in [1.82, 2.24) is 4.90 Å². The molecule has 1 nitrogen and oxygen atoms in total. The van der Waals surface area contributed by atoms with E-state index in [0.29, 0.717) is 0 Å². The van der Waals surface area contributed by atoms with Crippen molar-refractivity contribution >= 4 is 0 Å². The van der Waals surface area contributed by atoms with Gasteiger partial charge < -0.3 is 0 Å². The summed E-state index contributed by atoms with van der Waals surface area (Å²) in [7, 11) is 0. The van der Waals surface area contributed by atoms with Gasteiger partial charge >= 0.3 is 0 Å². The summed E-state index contributed by atoms with van der Waals surface area (Å²) in [4.78, 5) is 2.57. The van der Waals surface area contributed by atoms with E-state index >= 15 is 0 Å². The Morgan fingerprint density at radius 3 is 1.78 bits per heavy atom. The van der Waals surface area contributed by atoms with Gasteiger partial charge in [0.2, 0.25) is 0 Å². The first kappa shape index (κ1) is 5.72. The van der Waals surface area contributed by atoms with Crippen LogP contribution in [0, 0.1) is 6.92 Å². The standard InChI is InChI=1S/C8H14N/c1-2-9-7-3-4-8(9)6-5-7/h7-8H,1-6H2. The minimum atomic E-state index is 0.924. The van der Waals surface area contributed by atoms with Gasteiger partial charge in [0, 0.05) is 12.1 Å². The molecule has 0 atom stereocenters. The van der Waals surface area contributed by atoms with Gasteiger partial charge in [-0.15, -0.1) is 0 Å². The predicted molar refractivity (Wildman–Crippen MR) is 38.1 cm³/mol. The Bertz CT molecular complexity index is 91.1. The van der Waals surface area contributed by atoms with Gasteiger partial charge in [-0.2, -0.15) is 0 Å². The van der Waals surface area contributed by atoms with Crippen molar-refractivity contribution in [2.75, 3.05) is 6.54 Å². The highest BCUT2D eigenvalue weighted by Gasteiger charge is 2.37. The highest BCUT2D eigenvalue weighted by atomic mass is 15.2. The molecule has 0 aliphatic carbocycles. The first-order valence-electron chi connectivity index (χ1n) is 3.97. The number of fused-ring (bicyclic) bond motifs is 2. The second-order valence-corrected chi connectivity index (χ2v) is 3.20. The molecule has 0 aromatic carbocycles. The molecule has 51 valence electrons. The summed E-state index contributed by atoms with van der Waals surface area (Å²) in [5, 5.41) is 0. The maximum absolute atomic E-state index is 3.93. The lowest BCUT2D eigenvalue weighted by Gasteiger charge is -2.17. The molecule has 0 aromatic heterocycles. The predicted octanol–water partition coefficient (Wildman–Crippen LogP) is 1.45. The molecule has 0 amide bonds. The molecule has 0 unspecified atom stereocenters. The number of rotatable bonds is 1. The first-order valence-corrected chi connectivity index (χ1v) is 3.97. The maximum atomic E-state index is 3.93. The third kappa shape index (κ3) is 0.710. The second-order valence-electron chi connectivity index (χ2n) is 3.20. The summed E-state index contributed by atoms with van der Waals surface area (Å²) in [6.45, 7) is 4.97. The molecular weight excluding hydrogens is 110 g/mol. The molecular formula is C8H14N. The van der Waals surface area contributed by atoms with Crippen molar-refractivity contribution in [3.63, 3.8) is 0 Å². The Morgan fingerprint density at radius 2 is 1.56 bits per heavy atom. The van der Waals surface area contributed by atoms with Crippen molar-refractivity contribution in [3.05, 3.63) is 6.92 Å². The molecule has 2 heterocycles. The zero-order valence-electron chi connectivity index (χ0n) is 5.84. The summed E-state index contributed by atoms with van der Waals surface area (Å²) in [6, 6.07) is 1.85. The molecule has 2 fully saturated rings. The third-order valence-electron chi connectivity index (χ3n) is 2.86. The fourth-order valence-corrected chi connectivity index (χ4v) is 2.38. The fraction of sp³-hybridized carbons (Fsp3) is 0.875. The van der Waals surface area contributed by atoms with Gasteiger partial charge in [0.1, 0.15) is 0 Å². The molecule has 1 radical (unpaired) electrons. The van der Waals surface area contributed by atoms with Gasteiger partial charge in [-0.1, -0.05) is 0 Å². The maximum Gasteiger partial charge on any atom is 0.00993 e. The fourth-order valence-electron chi connectivity index (χ4n) is 2.38. The summed E-state index contributed by atoms with van der Waals surface area (Å²) in [6.07, 6.45) is 5.78. The topological polar surface area (TPSA) is 3.24 Å². The van der Waals surface area contributed by atoms with Gasteiger partial charge in [0.25, 0.3) is 0 Å². The van der Waals surface area contributed by atoms with Crippen molar-refractivity contribution in [3.8, 4) is 0 Å². The molecule has 2 bridgehead atoms. The second kappa shape index (κ2) is 1.98. The molecule has 0 aromatic rings. The van der Waals surface area contributed by atoms with Crippen LogP contribution < -0.4 is 0 Å². The zero-order chi connectivity index (χ0) is 6.27. The van der Waals surface area contributed by atoms with Gasteiger partial charge in [0.15, 0.2) is 0 Å². The quantitative estimate of drug-likeness (QED) is 0.511. The molecule has 2 aliphatic heterocycles. The van der Waals surface area contributed by atoms with Gasteiger partial charge in [0.05, 0.1) is 0 Å². The average Bonchev–Trinajstić information content (AvgIpc) is 2.44. The number of hydrogen-bond donors (Lipinski definition) is 0. The van der Waals surface area contributed by atoms with Crippen molar-refractivity contribution < 1.29 is 0 Å². The summed E-state index contributed by atoms with van der Waals surface area (Å²) in [5.74, 6) is 0. The Kier molecular flexibility index (Phi) is 1.26. The lowest BCUT2D eigenvalue weighted by molar-refractivity contribution is 0.280. The molecule has 9 heavy (non-hydrogen) atoms. The van der Waals surface area contributed by atoms with Crippen LogP contribution in [0.25, 0.3) is 0 Å². The van der Waals surface area contributed by atoms with E-state index in [4.69, 9.17) is 0 Å². The van der Waals surface area contributed by atoms with Crippen molar-refractivity contribution in [1.29, 1.82) is 0 Å². The summed E-state index contributed by atoms with van der Waals surface area (Å²) in [5.41, 5.74) is 0. The van der Waals surface area contributed by atoms with Gasteiger partial charge in [-0.05, 0) is 39.2 Å². The molecule has 0 saturated carbocycles. The molecule has 1 heteroatoms. The van der Waals surface area contributed by atoms with Crippen LogP contribution in [0.3, 0.4) is 0 Å². The Hall–Kier alpha value is -0.0400. The first-order chi connectivity index (χ1) is 4.42. The van der Waals surface area contributed by atoms with Crippen molar-refractivity contribution in [2.24, 2.45) is 0 Å². The zero-order valence-corrected chi connectivity index (χ0v) is 5.84. The largest absolute Gasteiger partial charge is 0.297 e. The molecule has 0 spiro atoms. The van der Waals surface area contributed by atoms with E-state index in [0.717, 1.165) is 18.6 Å². The van der Waals surface area contributed by atoms with Crippen LogP contribution in [0.5, 0.6) is 0 Å². The average molecular weight is 124 g/mol. The highest BCUT2D eigenvalue weighted by Crippen LogP contribution is 2.36. The number of nitrogens with zero attached hydrogens (tertiary/aromatic N) is 1. The van der Waals surface area contributed by atoms with Crippen LogP contribution in [-0.4, -0.2) is 23.5 Å². The Labute approximate surface area is 57.0 Å². The Balaban J connectivity index is 2.08. The summed E-state index contributed by atoms with van der Waals surface area (Å²) >= 11 is 0. The molecule has 2 rings (SSSR count). The minimum absolute atomic E-state index is 0.924. The van der Waals surface area contributed by atoms with Crippen molar-refractivity contribution in [2.45, 2.75) is 37.8 Å². The van der Waals surface area contributed by atoms with Crippen LogP contribution in [0.1, 0.15) is 25.7 Å². The SMILES string of the molecule is [CH2]CN1C2CCC1CC2. The van der Waals surface area contributed by atoms with E-state index in [1.54, 1.807) is 0 Å². The Morgan fingerprint density at radius 1 is 1.11 bits per heavy atom. The minimum Gasteiger partial charge on any atom is -0.297 e. The highest BCUT2D eigenvalue weighted by molar-refractivity contribution is 4.94. The smallest absolute Gasteiger partial charge is 0.00993 e. The molecule has 2 saturated heterocycles. The van der Waals surface area contributed by atoms with Gasteiger partial charge in [-0.25, -0.2) is 0 Å². The van der Waals surface area contributed by atoms with Crippen LogP contribution in [-0.2, 0) is 0 Å². The normalized spacial score (nSPS) is 42.3. The molecule has 0 N–H and O–H groups in total. The van der Waals surface area contributed by atoms with E-state index in [-0.39, 0.29) is 0 Å². The lowest BCUT2D eigenvalue weighted by atomic mass is 10.0. The van der Waals surface area contributed by atoms with E-state index < -0.39 is 0 Å². The van der Waals surface area contributed by atoms with Gasteiger partial charge in [-0.3, -0.25) is 4.90 Å². The van der Waals surface area contributed by atoms with E-state index in [9.17, 15) is 0 Å².